The van der Waals surface area contributed by atoms with Crippen molar-refractivity contribution in [3.05, 3.63) is 76.3 Å². The summed E-state index contributed by atoms with van der Waals surface area (Å²) in [5, 5.41) is 0. The molecule has 12 nitrogen and oxygen atoms in total. The zero-order valence-electron chi connectivity index (χ0n) is 40.0. The van der Waals surface area contributed by atoms with Crippen LogP contribution in [0.2, 0.25) is 0 Å². The highest BCUT2D eigenvalue weighted by molar-refractivity contribution is 7.89. The number of rotatable bonds is 18. The lowest BCUT2D eigenvalue weighted by atomic mass is 9.71. The first-order valence-electron chi connectivity index (χ1n) is 23.0. The predicted molar refractivity (Wildman–Crippen MR) is 255 cm³/mol. The normalized spacial score (nSPS) is 22.6. The van der Waals surface area contributed by atoms with E-state index in [4.69, 9.17) is 29.7 Å². The first-order chi connectivity index (χ1) is 30.3. The molecule has 0 fully saturated rings. The fourth-order valence-corrected chi connectivity index (χ4v) is 14.0. The number of carbonyl (C=O) groups is 1. The Morgan fingerprint density at radius 1 is 0.797 bits per heavy atom. The second kappa shape index (κ2) is 18.5. The summed E-state index contributed by atoms with van der Waals surface area (Å²) in [6, 6.07) is 16.7. The summed E-state index contributed by atoms with van der Waals surface area (Å²) in [6.07, 6.45) is 6.99. The summed E-state index contributed by atoms with van der Waals surface area (Å²) in [4.78, 5) is 16.8. The standard InChI is InChI=1S/C50H69N4O8PS/c1-14-16-24-60-63(54(33(3)4)34(5)6)61-28-27-58-25-23-53-50(38-19-17-18-20-47(38)64(53,56)57)41-29-39-43(51(21-15-2)35(7)48(39,10)11)31-45(41)62-46-32-44-40(30-42(46)50)49(12,13)36(8)52(44)22-26-59-37(9)55/h1,17-20,29-36H,15-16,21-28H2,2-13H3/t35-,36-,50?,63?/m1/s1. The summed E-state index contributed by atoms with van der Waals surface area (Å²) < 4.78 is 65.9. The lowest BCUT2D eigenvalue weighted by Crippen LogP contribution is -2.49. The fourth-order valence-electron chi connectivity index (χ4n) is 10.5. The van der Waals surface area contributed by atoms with Gasteiger partial charge in [0.1, 0.15) is 23.6 Å². The molecule has 64 heavy (non-hydrogen) atoms. The Kier molecular flexibility index (Phi) is 13.9. The van der Waals surface area contributed by atoms with Crippen molar-refractivity contribution in [2.75, 3.05) is 62.5 Å². The summed E-state index contributed by atoms with van der Waals surface area (Å²) >= 11 is 0. The molecule has 348 valence electrons. The Bertz CT molecular complexity index is 2370. The highest BCUT2D eigenvalue weighted by atomic mass is 32.2. The fraction of sp³-hybridized carbons (Fsp3) is 0.580. The molecule has 14 heteroatoms. The molecule has 3 aromatic carbocycles. The molecule has 7 rings (SSSR count). The third-order valence-corrected chi connectivity index (χ3v) is 18.2. The Balaban J connectivity index is 1.34. The van der Waals surface area contributed by atoms with E-state index < -0.39 is 24.1 Å². The van der Waals surface area contributed by atoms with Gasteiger partial charge in [-0.3, -0.25) is 4.79 Å². The predicted octanol–water partition coefficient (Wildman–Crippen LogP) is 9.45. The molecule has 0 amide bonds. The summed E-state index contributed by atoms with van der Waals surface area (Å²) in [5.41, 5.74) is 4.68. The monoisotopic (exact) mass is 916 g/mol. The zero-order valence-corrected chi connectivity index (χ0v) is 41.7. The van der Waals surface area contributed by atoms with Gasteiger partial charge in [0.2, 0.25) is 10.0 Å². The second-order valence-electron chi connectivity index (χ2n) is 19.2. The van der Waals surface area contributed by atoms with Gasteiger partial charge in [-0.05, 0) is 77.3 Å². The number of fused-ring (bicyclic) bond motifs is 8. The van der Waals surface area contributed by atoms with E-state index >= 15 is 8.42 Å². The van der Waals surface area contributed by atoms with Crippen molar-refractivity contribution in [1.29, 1.82) is 0 Å². The van der Waals surface area contributed by atoms with Crippen LogP contribution in [0.25, 0.3) is 0 Å². The van der Waals surface area contributed by atoms with E-state index in [1.165, 1.54) is 12.5 Å². The topological polar surface area (TPSA) is 110 Å². The summed E-state index contributed by atoms with van der Waals surface area (Å²) in [5.74, 6) is 3.53. The van der Waals surface area contributed by atoms with Crippen molar-refractivity contribution >= 4 is 35.9 Å². The van der Waals surface area contributed by atoms with Gasteiger partial charge in [0.15, 0.2) is 0 Å². The molecule has 4 aliphatic rings. The average molecular weight is 917 g/mol. The number of benzene rings is 3. The van der Waals surface area contributed by atoms with Gasteiger partial charge in [0, 0.05) is 102 Å². The first kappa shape index (κ1) is 48.2. The van der Waals surface area contributed by atoms with Gasteiger partial charge in [-0.2, -0.15) is 4.31 Å². The summed E-state index contributed by atoms with van der Waals surface area (Å²) in [7, 11) is -5.49. The van der Waals surface area contributed by atoms with Gasteiger partial charge in [-0.1, -0.05) is 52.8 Å². The number of ether oxygens (including phenoxy) is 3. The maximum atomic E-state index is 15.3. The molecular weight excluding hydrogens is 848 g/mol. The minimum absolute atomic E-state index is 0.0390. The molecule has 4 aliphatic heterocycles. The molecule has 0 aliphatic carbocycles. The molecule has 3 aromatic rings. The van der Waals surface area contributed by atoms with E-state index in [2.05, 4.69) is 121 Å². The largest absolute Gasteiger partial charge is 0.464 e. The lowest BCUT2D eigenvalue weighted by molar-refractivity contribution is -0.140. The number of carbonyl (C=O) groups excluding carboxylic acids is 1. The summed E-state index contributed by atoms with van der Waals surface area (Å²) in [6.45, 7) is 28.3. The number of nitrogens with zero attached hydrogens (tertiary/aromatic N) is 4. The number of esters is 1. The molecule has 4 heterocycles. The molecule has 0 bridgehead atoms. The number of terminal acetylenes is 1. The van der Waals surface area contributed by atoms with Crippen LogP contribution >= 0.6 is 8.53 Å². The Labute approximate surface area is 383 Å². The van der Waals surface area contributed by atoms with E-state index in [-0.39, 0.29) is 78.8 Å². The molecule has 0 radical (unpaired) electrons. The van der Waals surface area contributed by atoms with E-state index in [1.807, 2.05) is 12.1 Å². The van der Waals surface area contributed by atoms with Crippen LogP contribution in [0.3, 0.4) is 0 Å². The van der Waals surface area contributed by atoms with Crippen molar-refractivity contribution in [2.45, 2.75) is 141 Å². The molecule has 0 aromatic heterocycles. The van der Waals surface area contributed by atoms with Gasteiger partial charge in [-0.15, -0.1) is 12.3 Å². The van der Waals surface area contributed by atoms with Crippen molar-refractivity contribution in [1.82, 2.24) is 8.98 Å². The zero-order chi connectivity index (χ0) is 46.5. The molecular formula is C50H69N4O8PS. The van der Waals surface area contributed by atoms with Gasteiger partial charge in [0.05, 0.1) is 37.9 Å². The molecule has 0 saturated carbocycles. The van der Waals surface area contributed by atoms with E-state index in [0.29, 0.717) is 36.6 Å². The van der Waals surface area contributed by atoms with Gasteiger partial charge >= 0.3 is 5.97 Å². The Morgan fingerprint density at radius 2 is 1.36 bits per heavy atom. The maximum Gasteiger partial charge on any atom is 0.302 e. The molecule has 2 unspecified atom stereocenters. The number of hydrogen-bond donors (Lipinski definition) is 0. The van der Waals surface area contributed by atoms with Crippen LogP contribution in [0.4, 0.5) is 11.4 Å². The van der Waals surface area contributed by atoms with Crippen molar-refractivity contribution in [3.8, 4) is 23.8 Å². The highest BCUT2D eigenvalue weighted by Crippen LogP contribution is 2.63. The molecule has 4 atom stereocenters. The lowest BCUT2D eigenvalue weighted by Gasteiger charge is -2.44. The third kappa shape index (κ3) is 8.03. The quantitative estimate of drug-likeness (QED) is 0.0527. The number of hydrogen-bond acceptors (Lipinski definition) is 11. The third-order valence-electron chi connectivity index (χ3n) is 14.1. The maximum absolute atomic E-state index is 15.3. The van der Waals surface area contributed by atoms with E-state index in [1.54, 1.807) is 16.4 Å². The van der Waals surface area contributed by atoms with Gasteiger partial charge < -0.3 is 33.1 Å². The molecule has 0 N–H and O–H groups in total. The van der Waals surface area contributed by atoms with Gasteiger partial charge in [0.25, 0.3) is 8.53 Å². The van der Waals surface area contributed by atoms with Crippen molar-refractivity contribution in [2.24, 2.45) is 0 Å². The smallest absolute Gasteiger partial charge is 0.302 e. The minimum atomic E-state index is -4.09. The van der Waals surface area contributed by atoms with Crippen LogP contribution in [0.1, 0.15) is 124 Å². The minimum Gasteiger partial charge on any atom is -0.464 e. The van der Waals surface area contributed by atoms with Crippen molar-refractivity contribution in [3.63, 3.8) is 0 Å². The first-order valence-corrected chi connectivity index (χ1v) is 25.5. The van der Waals surface area contributed by atoms with Crippen LogP contribution in [-0.2, 0) is 49.7 Å². The van der Waals surface area contributed by atoms with Crippen LogP contribution in [0.5, 0.6) is 11.5 Å². The molecule has 1 spiro atoms. The second-order valence-corrected chi connectivity index (χ2v) is 22.5. The van der Waals surface area contributed by atoms with Gasteiger partial charge in [-0.25, -0.2) is 13.1 Å². The number of sulfonamides is 1. The average Bonchev–Trinajstić information content (AvgIpc) is 3.63. The van der Waals surface area contributed by atoms with Crippen LogP contribution in [0, 0.1) is 12.3 Å². The highest BCUT2D eigenvalue weighted by Gasteiger charge is 2.61. The number of anilines is 2. The van der Waals surface area contributed by atoms with Crippen LogP contribution in [-0.4, -0.2) is 100 Å². The SMILES string of the molecule is C#CCCOP(OCCOCCN1C2(c3cc4c(cc3Oc3cc5c(cc32)C(C)(C)[C@@H](C)N5CCOC(C)=O)N(CCC)[C@H](C)C4(C)C)c2ccccc2S1(=O)=O)N(C(C)C)C(C)C. The van der Waals surface area contributed by atoms with E-state index in [9.17, 15) is 4.79 Å². The van der Waals surface area contributed by atoms with Crippen LogP contribution < -0.4 is 14.5 Å². The van der Waals surface area contributed by atoms with Crippen LogP contribution in [0.15, 0.2) is 53.4 Å². The Hall–Kier alpha value is -3.73. The molecule has 0 saturated heterocycles. The Morgan fingerprint density at radius 3 is 1.91 bits per heavy atom. The van der Waals surface area contributed by atoms with Crippen molar-refractivity contribution < 1.29 is 36.5 Å². The van der Waals surface area contributed by atoms with E-state index in [0.717, 1.165) is 41.0 Å².